The molecule has 0 saturated heterocycles. The van der Waals surface area contributed by atoms with Crippen molar-refractivity contribution in [2.24, 2.45) is 10.7 Å². The number of ether oxygens (including phenoxy) is 1. The molecule has 0 fully saturated rings. The average Bonchev–Trinajstić information content (AvgIpc) is 2.42. The quantitative estimate of drug-likeness (QED) is 0.441. The van der Waals surface area contributed by atoms with E-state index in [1.54, 1.807) is 7.11 Å². The third kappa shape index (κ3) is 5.57. The SMILES string of the molecule is CCCN=C(N)NCCCc1ccc(OC)cc1. The lowest BCUT2D eigenvalue weighted by atomic mass is 10.1. The molecular weight excluding hydrogens is 226 g/mol. The van der Waals surface area contributed by atoms with Gasteiger partial charge in [0.25, 0.3) is 0 Å². The van der Waals surface area contributed by atoms with Crippen LogP contribution in [0.25, 0.3) is 0 Å². The minimum atomic E-state index is 0.548. The van der Waals surface area contributed by atoms with Gasteiger partial charge in [-0.25, -0.2) is 0 Å². The Hall–Kier alpha value is -1.71. The van der Waals surface area contributed by atoms with Crippen LogP contribution in [0.2, 0.25) is 0 Å². The molecule has 0 aliphatic carbocycles. The molecule has 0 unspecified atom stereocenters. The molecular formula is C14H23N3O. The molecule has 100 valence electrons. The number of nitrogens with two attached hydrogens (primary N) is 1. The standard InChI is InChI=1S/C14H23N3O/c1-3-10-16-14(15)17-11-4-5-12-6-8-13(18-2)9-7-12/h6-9H,3-5,10-11H2,1-2H3,(H3,15,16,17). The van der Waals surface area contributed by atoms with Crippen LogP contribution >= 0.6 is 0 Å². The summed E-state index contributed by atoms with van der Waals surface area (Å²) in [6, 6.07) is 8.15. The lowest BCUT2D eigenvalue weighted by Crippen LogP contribution is -2.32. The van der Waals surface area contributed by atoms with Gasteiger partial charge in [0.05, 0.1) is 7.11 Å². The van der Waals surface area contributed by atoms with Gasteiger partial charge in [-0.1, -0.05) is 19.1 Å². The van der Waals surface area contributed by atoms with Crippen LogP contribution in [0.5, 0.6) is 5.75 Å². The van der Waals surface area contributed by atoms with Gasteiger partial charge in [0, 0.05) is 13.1 Å². The number of aliphatic imine (C=N–C) groups is 1. The highest BCUT2D eigenvalue weighted by Gasteiger charge is 1.95. The minimum Gasteiger partial charge on any atom is -0.497 e. The summed E-state index contributed by atoms with van der Waals surface area (Å²) >= 11 is 0. The number of nitrogens with one attached hydrogen (secondary N) is 1. The molecule has 1 rings (SSSR count). The molecule has 4 heteroatoms. The second-order valence-electron chi connectivity index (χ2n) is 4.15. The molecule has 0 saturated carbocycles. The van der Waals surface area contributed by atoms with E-state index in [-0.39, 0.29) is 0 Å². The smallest absolute Gasteiger partial charge is 0.188 e. The molecule has 1 aromatic carbocycles. The van der Waals surface area contributed by atoms with Crippen LogP contribution in [0.1, 0.15) is 25.3 Å². The fourth-order valence-electron chi connectivity index (χ4n) is 1.59. The average molecular weight is 249 g/mol. The highest BCUT2D eigenvalue weighted by atomic mass is 16.5. The normalized spacial score (nSPS) is 11.3. The summed E-state index contributed by atoms with van der Waals surface area (Å²) < 4.78 is 5.12. The van der Waals surface area contributed by atoms with Crippen molar-refractivity contribution in [3.63, 3.8) is 0 Å². The van der Waals surface area contributed by atoms with Gasteiger partial charge in [-0.2, -0.15) is 0 Å². The van der Waals surface area contributed by atoms with Crippen LogP contribution in [0.4, 0.5) is 0 Å². The Kier molecular flexibility index (Phi) is 6.69. The Bertz CT molecular complexity index is 360. The van der Waals surface area contributed by atoms with Gasteiger partial charge in [0.2, 0.25) is 0 Å². The van der Waals surface area contributed by atoms with Crippen molar-refractivity contribution in [3.05, 3.63) is 29.8 Å². The summed E-state index contributed by atoms with van der Waals surface area (Å²) in [6.45, 7) is 3.73. The Morgan fingerprint density at radius 1 is 1.33 bits per heavy atom. The van der Waals surface area contributed by atoms with Crippen molar-refractivity contribution < 1.29 is 4.74 Å². The van der Waals surface area contributed by atoms with Gasteiger partial charge < -0.3 is 15.8 Å². The van der Waals surface area contributed by atoms with Crippen molar-refractivity contribution >= 4 is 5.96 Å². The number of benzene rings is 1. The summed E-state index contributed by atoms with van der Waals surface area (Å²) in [5, 5.41) is 3.11. The molecule has 0 heterocycles. The highest BCUT2D eigenvalue weighted by molar-refractivity contribution is 5.77. The first-order chi connectivity index (χ1) is 8.76. The molecule has 0 aliphatic rings. The first kappa shape index (κ1) is 14.4. The van der Waals surface area contributed by atoms with E-state index in [2.05, 4.69) is 29.4 Å². The van der Waals surface area contributed by atoms with Crippen LogP contribution in [0.3, 0.4) is 0 Å². The largest absolute Gasteiger partial charge is 0.497 e. The van der Waals surface area contributed by atoms with Crippen molar-refractivity contribution in [3.8, 4) is 5.75 Å². The number of hydrogen-bond donors (Lipinski definition) is 2. The first-order valence-electron chi connectivity index (χ1n) is 6.43. The Labute approximate surface area is 109 Å². The van der Waals surface area contributed by atoms with Crippen molar-refractivity contribution in [2.45, 2.75) is 26.2 Å². The molecule has 0 atom stereocenters. The van der Waals surface area contributed by atoms with E-state index in [0.29, 0.717) is 5.96 Å². The number of methoxy groups -OCH3 is 1. The zero-order chi connectivity index (χ0) is 13.2. The van der Waals surface area contributed by atoms with E-state index in [9.17, 15) is 0 Å². The molecule has 0 aliphatic heterocycles. The summed E-state index contributed by atoms with van der Waals surface area (Å²) in [6.07, 6.45) is 3.08. The molecule has 0 aromatic heterocycles. The highest BCUT2D eigenvalue weighted by Crippen LogP contribution is 2.12. The predicted octanol–water partition coefficient (Wildman–Crippen LogP) is 1.94. The van der Waals surface area contributed by atoms with E-state index < -0.39 is 0 Å². The fraction of sp³-hybridized carbons (Fsp3) is 0.500. The topological polar surface area (TPSA) is 59.6 Å². The number of nitrogens with zero attached hydrogens (tertiary/aromatic N) is 1. The zero-order valence-electron chi connectivity index (χ0n) is 11.3. The number of rotatable bonds is 7. The molecule has 18 heavy (non-hydrogen) atoms. The van der Waals surface area contributed by atoms with Crippen molar-refractivity contribution in [1.29, 1.82) is 0 Å². The van der Waals surface area contributed by atoms with Gasteiger partial charge in [-0.05, 0) is 37.0 Å². The molecule has 0 bridgehead atoms. The van der Waals surface area contributed by atoms with Gasteiger partial charge in [0.1, 0.15) is 5.75 Å². The maximum atomic E-state index is 5.70. The molecule has 3 N–H and O–H groups in total. The molecule has 0 spiro atoms. The Morgan fingerprint density at radius 2 is 2.06 bits per heavy atom. The summed E-state index contributed by atoms with van der Waals surface area (Å²) in [5.74, 6) is 1.44. The minimum absolute atomic E-state index is 0.548. The van der Waals surface area contributed by atoms with Crippen LogP contribution in [-0.2, 0) is 6.42 Å². The monoisotopic (exact) mass is 249 g/mol. The van der Waals surface area contributed by atoms with E-state index in [1.165, 1.54) is 5.56 Å². The number of guanidine groups is 1. The third-order valence-corrected chi connectivity index (χ3v) is 2.61. The lowest BCUT2D eigenvalue weighted by molar-refractivity contribution is 0.414. The molecule has 1 aromatic rings. The maximum Gasteiger partial charge on any atom is 0.188 e. The second kappa shape index (κ2) is 8.39. The number of hydrogen-bond acceptors (Lipinski definition) is 2. The van der Waals surface area contributed by atoms with Crippen LogP contribution < -0.4 is 15.8 Å². The molecule has 4 nitrogen and oxygen atoms in total. The maximum absolute atomic E-state index is 5.70. The van der Waals surface area contributed by atoms with E-state index in [4.69, 9.17) is 10.5 Å². The van der Waals surface area contributed by atoms with Gasteiger partial charge in [-0.3, -0.25) is 4.99 Å². The third-order valence-electron chi connectivity index (χ3n) is 2.61. The van der Waals surface area contributed by atoms with E-state index in [0.717, 1.165) is 38.1 Å². The Morgan fingerprint density at radius 3 is 2.67 bits per heavy atom. The van der Waals surface area contributed by atoms with Crippen LogP contribution in [0.15, 0.2) is 29.3 Å². The summed E-state index contributed by atoms with van der Waals surface area (Å²) in [5.41, 5.74) is 7.01. The van der Waals surface area contributed by atoms with Gasteiger partial charge in [0.15, 0.2) is 5.96 Å². The number of aryl methyl sites for hydroxylation is 1. The molecule has 0 amide bonds. The van der Waals surface area contributed by atoms with Gasteiger partial charge >= 0.3 is 0 Å². The Balaban J connectivity index is 2.21. The lowest BCUT2D eigenvalue weighted by Gasteiger charge is -2.06. The van der Waals surface area contributed by atoms with Crippen molar-refractivity contribution in [2.75, 3.05) is 20.2 Å². The first-order valence-corrected chi connectivity index (χ1v) is 6.43. The van der Waals surface area contributed by atoms with Crippen molar-refractivity contribution in [1.82, 2.24) is 5.32 Å². The summed E-state index contributed by atoms with van der Waals surface area (Å²) in [4.78, 5) is 4.18. The summed E-state index contributed by atoms with van der Waals surface area (Å²) in [7, 11) is 1.68. The zero-order valence-corrected chi connectivity index (χ0v) is 11.3. The van der Waals surface area contributed by atoms with Crippen LogP contribution in [-0.4, -0.2) is 26.2 Å². The van der Waals surface area contributed by atoms with Gasteiger partial charge in [-0.15, -0.1) is 0 Å². The molecule has 0 radical (unpaired) electrons. The second-order valence-corrected chi connectivity index (χ2v) is 4.15. The fourth-order valence-corrected chi connectivity index (χ4v) is 1.59. The van der Waals surface area contributed by atoms with E-state index >= 15 is 0 Å². The predicted molar refractivity (Wildman–Crippen MR) is 76.1 cm³/mol. The van der Waals surface area contributed by atoms with E-state index in [1.807, 2.05) is 12.1 Å². The van der Waals surface area contributed by atoms with Crippen LogP contribution in [0, 0.1) is 0 Å².